The van der Waals surface area contributed by atoms with Crippen molar-refractivity contribution in [3.8, 4) is 0 Å². The maximum absolute atomic E-state index is 12.9. The van der Waals surface area contributed by atoms with Gasteiger partial charge in [0.15, 0.2) is 0 Å². The molecule has 0 unspecified atom stereocenters. The molecule has 2 aromatic carbocycles. The summed E-state index contributed by atoms with van der Waals surface area (Å²) in [5.41, 5.74) is 8.84. The van der Waals surface area contributed by atoms with Gasteiger partial charge < -0.3 is 10.6 Å². The first-order valence-electron chi connectivity index (χ1n) is 7.39. The molecule has 0 amide bonds. The average Bonchev–Trinajstić information content (AvgIpc) is 2.51. The van der Waals surface area contributed by atoms with Crippen LogP contribution in [0, 0.1) is 5.82 Å². The Morgan fingerprint density at radius 2 is 1.68 bits per heavy atom. The summed E-state index contributed by atoms with van der Waals surface area (Å²) in [4.78, 5) is 4.59. The predicted octanol–water partition coefficient (Wildman–Crippen LogP) is 3.38. The fourth-order valence-electron chi connectivity index (χ4n) is 2.84. The van der Waals surface area contributed by atoms with Crippen LogP contribution < -0.4 is 10.6 Å². The number of piperazine rings is 1. The van der Waals surface area contributed by atoms with Crippen LogP contribution in [0.25, 0.3) is 0 Å². The normalized spacial score (nSPS) is 16.0. The smallest absolute Gasteiger partial charge is 0.123 e. The molecule has 1 aliphatic heterocycles. The summed E-state index contributed by atoms with van der Waals surface area (Å²) >= 11 is 6.27. The van der Waals surface area contributed by atoms with Gasteiger partial charge in [0.25, 0.3) is 0 Å². The first kappa shape index (κ1) is 15.1. The molecule has 0 atom stereocenters. The van der Waals surface area contributed by atoms with Gasteiger partial charge in [-0.1, -0.05) is 29.8 Å². The lowest BCUT2D eigenvalue weighted by Gasteiger charge is -2.37. The fourth-order valence-corrected chi connectivity index (χ4v) is 3.14. The number of rotatable bonds is 3. The summed E-state index contributed by atoms with van der Waals surface area (Å²) in [5, 5.41) is 0.701. The quantitative estimate of drug-likeness (QED) is 0.880. The number of halogens is 2. The third-order valence-electron chi connectivity index (χ3n) is 4.03. The van der Waals surface area contributed by atoms with E-state index < -0.39 is 0 Å². The first-order chi connectivity index (χ1) is 10.6. The van der Waals surface area contributed by atoms with E-state index >= 15 is 0 Å². The van der Waals surface area contributed by atoms with Gasteiger partial charge in [0.2, 0.25) is 0 Å². The fraction of sp³-hybridized carbons (Fsp3) is 0.294. The molecular weight excluding hydrogens is 301 g/mol. The first-order valence-corrected chi connectivity index (χ1v) is 7.77. The minimum Gasteiger partial charge on any atom is -0.397 e. The van der Waals surface area contributed by atoms with E-state index in [-0.39, 0.29) is 5.82 Å². The number of para-hydroxylation sites is 1. The number of benzene rings is 2. The molecule has 1 heterocycles. The van der Waals surface area contributed by atoms with Crippen molar-refractivity contribution in [2.75, 3.05) is 36.8 Å². The van der Waals surface area contributed by atoms with Crippen LogP contribution in [-0.4, -0.2) is 31.1 Å². The Bertz CT molecular complexity index is 617. The van der Waals surface area contributed by atoms with Crippen LogP contribution in [0.15, 0.2) is 42.5 Å². The molecule has 5 heteroatoms. The van der Waals surface area contributed by atoms with Crippen molar-refractivity contribution in [3.63, 3.8) is 0 Å². The van der Waals surface area contributed by atoms with Crippen LogP contribution in [0.1, 0.15) is 5.56 Å². The van der Waals surface area contributed by atoms with Crippen molar-refractivity contribution in [2.24, 2.45) is 0 Å². The predicted molar refractivity (Wildman–Crippen MR) is 89.8 cm³/mol. The van der Waals surface area contributed by atoms with Crippen LogP contribution in [0.2, 0.25) is 5.02 Å². The molecule has 3 nitrogen and oxygen atoms in total. The highest BCUT2D eigenvalue weighted by Gasteiger charge is 2.20. The number of nitrogen functional groups attached to an aromatic ring is 1. The van der Waals surface area contributed by atoms with Crippen molar-refractivity contribution in [1.82, 2.24) is 4.90 Å². The number of nitrogens with two attached hydrogens (primary N) is 1. The highest BCUT2D eigenvalue weighted by Crippen LogP contribution is 2.32. The average molecular weight is 320 g/mol. The third-order valence-corrected chi connectivity index (χ3v) is 4.33. The van der Waals surface area contributed by atoms with Crippen LogP contribution in [0.4, 0.5) is 15.8 Å². The number of anilines is 2. The van der Waals surface area contributed by atoms with Gasteiger partial charge in [0.1, 0.15) is 5.82 Å². The maximum Gasteiger partial charge on any atom is 0.123 e. The van der Waals surface area contributed by atoms with Gasteiger partial charge in [-0.05, 0) is 29.8 Å². The maximum atomic E-state index is 12.9. The Morgan fingerprint density at radius 1 is 1.00 bits per heavy atom. The zero-order valence-corrected chi connectivity index (χ0v) is 13.1. The highest BCUT2D eigenvalue weighted by atomic mass is 35.5. The van der Waals surface area contributed by atoms with Gasteiger partial charge in [-0.2, -0.15) is 0 Å². The van der Waals surface area contributed by atoms with Crippen molar-refractivity contribution >= 4 is 23.0 Å². The standard InChI is InChI=1S/C17H19ClFN3/c18-15-2-1-3-16(20)17(15)22-10-8-21(9-11-22)12-13-4-6-14(19)7-5-13/h1-7H,8-12,20H2. The molecule has 0 aromatic heterocycles. The third kappa shape index (κ3) is 3.34. The second-order valence-corrected chi connectivity index (χ2v) is 5.97. The Hall–Kier alpha value is -1.78. The lowest BCUT2D eigenvalue weighted by Crippen LogP contribution is -2.46. The second-order valence-electron chi connectivity index (χ2n) is 5.57. The Balaban J connectivity index is 1.62. The molecule has 0 bridgehead atoms. The van der Waals surface area contributed by atoms with Gasteiger partial charge in [-0.3, -0.25) is 4.90 Å². The van der Waals surface area contributed by atoms with E-state index in [2.05, 4.69) is 9.80 Å². The summed E-state index contributed by atoms with van der Waals surface area (Å²) in [7, 11) is 0. The Kier molecular flexibility index (Phi) is 4.50. The summed E-state index contributed by atoms with van der Waals surface area (Å²) in [6, 6.07) is 12.3. The van der Waals surface area contributed by atoms with E-state index in [1.165, 1.54) is 12.1 Å². The van der Waals surface area contributed by atoms with Gasteiger partial charge in [-0.25, -0.2) is 4.39 Å². The van der Waals surface area contributed by atoms with Gasteiger partial charge >= 0.3 is 0 Å². The topological polar surface area (TPSA) is 32.5 Å². The molecule has 1 fully saturated rings. The minimum atomic E-state index is -0.192. The van der Waals surface area contributed by atoms with Crippen molar-refractivity contribution < 1.29 is 4.39 Å². The SMILES string of the molecule is Nc1cccc(Cl)c1N1CCN(Cc2ccc(F)cc2)CC1. The Labute approximate surface area is 135 Å². The lowest BCUT2D eigenvalue weighted by molar-refractivity contribution is 0.250. The molecule has 0 aliphatic carbocycles. The van der Waals surface area contributed by atoms with E-state index in [1.54, 1.807) is 0 Å². The monoisotopic (exact) mass is 319 g/mol. The van der Waals surface area contributed by atoms with E-state index in [0.29, 0.717) is 5.02 Å². The molecule has 0 saturated carbocycles. The lowest BCUT2D eigenvalue weighted by atomic mass is 10.1. The van der Waals surface area contributed by atoms with E-state index in [1.807, 2.05) is 30.3 Å². The molecule has 1 saturated heterocycles. The van der Waals surface area contributed by atoms with Crippen LogP contribution in [0.5, 0.6) is 0 Å². The number of hydrogen-bond donors (Lipinski definition) is 1. The zero-order chi connectivity index (χ0) is 15.5. The molecule has 2 N–H and O–H groups in total. The van der Waals surface area contributed by atoms with Gasteiger partial charge in [0, 0.05) is 32.7 Å². The molecule has 0 spiro atoms. The molecular formula is C17H19ClFN3. The summed E-state index contributed by atoms with van der Waals surface area (Å²) in [5.74, 6) is -0.192. The highest BCUT2D eigenvalue weighted by molar-refractivity contribution is 6.34. The largest absolute Gasteiger partial charge is 0.397 e. The molecule has 1 aliphatic rings. The van der Waals surface area contributed by atoms with Gasteiger partial charge in [-0.15, -0.1) is 0 Å². The molecule has 0 radical (unpaired) electrons. The molecule has 22 heavy (non-hydrogen) atoms. The van der Waals surface area contributed by atoms with Crippen LogP contribution >= 0.6 is 11.6 Å². The van der Waals surface area contributed by atoms with E-state index in [9.17, 15) is 4.39 Å². The molecule has 2 aromatic rings. The van der Waals surface area contributed by atoms with Gasteiger partial charge in [0.05, 0.1) is 16.4 Å². The van der Waals surface area contributed by atoms with Crippen molar-refractivity contribution in [3.05, 3.63) is 58.9 Å². The zero-order valence-electron chi connectivity index (χ0n) is 12.3. The van der Waals surface area contributed by atoms with Crippen LogP contribution in [0.3, 0.4) is 0 Å². The minimum absolute atomic E-state index is 0.192. The summed E-state index contributed by atoms with van der Waals surface area (Å²) < 4.78 is 12.9. The molecule has 116 valence electrons. The number of nitrogens with zero attached hydrogens (tertiary/aromatic N) is 2. The number of hydrogen-bond acceptors (Lipinski definition) is 3. The Morgan fingerprint density at radius 3 is 2.32 bits per heavy atom. The van der Waals surface area contributed by atoms with Crippen LogP contribution in [-0.2, 0) is 6.54 Å². The molecule has 3 rings (SSSR count). The summed E-state index contributed by atoms with van der Waals surface area (Å²) in [6.07, 6.45) is 0. The van der Waals surface area contributed by atoms with E-state index in [0.717, 1.165) is 49.7 Å². The summed E-state index contributed by atoms with van der Waals surface area (Å²) in [6.45, 7) is 4.47. The van der Waals surface area contributed by atoms with Crippen molar-refractivity contribution in [2.45, 2.75) is 6.54 Å². The van der Waals surface area contributed by atoms with Crippen molar-refractivity contribution in [1.29, 1.82) is 0 Å². The second kappa shape index (κ2) is 6.55. The van der Waals surface area contributed by atoms with E-state index in [4.69, 9.17) is 17.3 Å².